The molecule has 5 nitrogen and oxygen atoms in total. The van der Waals surface area contributed by atoms with Gasteiger partial charge in [0.1, 0.15) is 5.75 Å². The zero-order valence-electron chi connectivity index (χ0n) is 13.3. The molecule has 0 aliphatic carbocycles. The highest BCUT2D eigenvalue weighted by molar-refractivity contribution is 5.68. The topological polar surface area (TPSA) is 61.8 Å². The third-order valence-corrected chi connectivity index (χ3v) is 3.28. The summed E-state index contributed by atoms with van der Waals surface area (Å²) in [7, 11) is 1.64. The Morgan fingerprint density at radius 2 is 2.14 bits per heavy atom. The molecule has 1 aromatic rings. The number of carboxylic acids is 1. The molecule has 0 amide bonds. The molecule has 0 bridgehead atoms. The molecule has 0 fully saturated rings. The summed E-state index contributed by atoms with van der Waals surface area (Å²) in [5, 5.41) is 12.2. The van der Waals surface area contributed by atoms with Crippen LogP contribution in [-0.4, -0.2) is 37.3 Å². The molecule has 0 heterocycles. The molecule has 0 radical (unpaired) electrons. The van der Waals surface area contributed by atoms with E-state index in [0.717, 1.165) is 30.1 Å². The van der Waals surface area contributed by atoms with Gasteiger partial charge in [-0.05, 0) is 24.6 Å². The first kappa shape index (κ1) is 17.3. The fourth-order valence-electron chi connectivity index (χ4n) is 2.09. The van der Waals surface area contributed by atoms with Crippen LogP contribution >= 0.6 is 0 Å². The van der Waals surface area contributed by atoms with E-state index in [2.05, 4.69) is 25.2 Å². The first-order chi connectivity index (χ1) is 9.97. The Kier molecular flexibility index (Phi) is 7.02. The van der Waals surface area contributed by atoms with Crippen molar-refractivity contribution in [2.45, 2.75) is 39.8 Å². The Morgan fingerprint density at radius 3 is 2.67 bits per heavy atom. The molecule has 1 aromatic carbocycles. The third-order valence-electron chi connectivity index (χ3n) is 3.28. The molecule has 0 saturated carbocycles. The van der Waals surface area contributed by atoms with Gasteiger partial charge in [0, 0.05) is 25.7 Å². The lowest BCUT2D eigenvalue weighted by Gasteiger charge is -2.25. The minimum Gasteiger partial charge on any atom is -0.495 e. The van der Waals surface area contributed by atoms with E-state index < -0.39 is 5.97 Å². The summed E-state index contributed by atoms with van der Waals surface area (Å²) in [5.74, 6) is -0.00420. The molecule has 1 rings (SSSR count). The second-order valence-electron chi connectivity index (χ2n) is 5.27. The average Bonchev–Trinajstić information content (AvgIpc) is 2.46. The van der Waals surface area contributed by atoms with Crippen molar-refractivity contribution in [3.63, 3.8) is 0 Å². The summed E-state index contributed by atoms with van der Waals surface area (Å²) in [6.45, 7) is 8.23. The number of aliphatic carboxylic acids is 1. The number of hydrogen-bond donors (Lipinski definition) is 2. The minimum absolute atomic E-state index is 0.119. The third kappa shape index (κ3) is 5.63. The van der Waals surface area contributed by atoms with Crippen LogP contribution < -0.4 is 15.0 Å². The van der Waals surface area contributed by atoms with E-state index in [1.807, 2.05) is 24.0 Å². The Morgan fingerprint density at radius 1 is 1.43 bits per heavy atom. The van der Waals surface area contributed by atoms with Gasteiger partial charge in [-0.2, -0.15) is 0 Å². The van der Waals surface area contributed by atoms with Gasteiger partial charge in [0.15, 0.2) is 0 Å². The first-order valence-electron chi connectivity index (χ1n) is 7.35. The summed E-state index contributed by atoms with van der Waals surface area (Å²) in [6.07, 6.45) is 0.119. The number of carboxylic acid groups (broad SMARTS) is 1. The molecule has 0 aromatic heterocycles. The molecule has 0 spiro atoms. The van der Waals surface area contributed by atoms with Gasteiger partial charge in [-0.15, -0.1) is 0 Å². The van der Waals surface area contributed by atoms with Gasteiger partial charge in [-0.3, -0.25) is 4.79 Å². The van der Waals surface area contributed by atoms with E-state index in [4.69, 9.17) is 9.84 Å². The zero-order chi connectivity index (χ0) is 15.8. The molecule has 21 heavy (non-hydrogen) atoms. The number of nitrogens with one attached hydrogen (secondary N) is 1. The number of hydrogen-bond acceptors (Lipinski definition) is 4. The molecule has 0 atom stereocenters. The standard InChI is InChI=1S/C16H26N2O3/c1-5-18(9-8-16(19)20)14-7-6-13(10-15(14)21-4)11-17-12(2)3/h6-7,10,12,17H,5,8-9,11H2,1-4H3,(H,19,20). The van der Waals surface area contributed by atoms with Crippen LogP contribution in [0.3, 0.4) is 0 Å². The molecular weight excluding hydrogens is 268 g/mol. The van der Waals surface area contributed by atoms with Gasteiger partial charge in [-0.1, -0.05) is 19.9 Å². The van der Waals surface area contributed by atoms with Crippen molar-refractivity contribution in [1.82, 2.24) is 5.32 Å². The lowest BCUT2D eigenvalue weighted by molar-refractivity contribution is -0.136. The lowest BCUT2D eigenvalue weighted by atomic mass is 10.1. The first-order valence-corrected chi connectivity index (χ1v) is 7.35. The molecule has 0 aliphatic rings. The number of anilines is 1. The number of nitrogens with zero attached hydrogens (tertiary/aromatic N) is 1. The summed E-state index contributed by atoms with van der Waals surface area (Å²) < 4.78 is 5.47. The predicted molar refractivity (Wildman–Crippen MR) is 85.1 cm³/mol. The number of carbonyl (C=O) groups is 1. The number of methoxy groups -OCH3 is 1. The molecule has 0 aliphatic heterocycles. The van der Waals surface area contributed by atoms with Crippen molar-refractivity contribution < 1.29 is 14.6 Å². The summed E-state index contributed by atoms with van der Waals surface area (Å²) in [5.41, 5.74) is 2.09. The second kappa shape index (κ2) is 8.52. The van der Waals surface area contributed by atoms with Crippen LogP contribution in [0.15, 0.2) is 18.2 Å². The van der Waals surface area contributed by atoms with E-state index in [-0.39, 0.29) is 6.42 Å². The molecule has 118 valence electrons. The SMILES string of the molecule is CCN(CCC(=O)O)c1ccc(CNC(C)C)cc1OC. The maximum atomic E-state index is 10.7. The zero-order valence-corrected chi connectivity index (χ0v) is 13.3. The lowest BCUT2D eigenvalue weighted by Crippen LogP contribution is -2.26. The van der Waals surface area contributed by atoms with Crippen molar-refractivity contribution in [2.24, 2.45) is 0 Å². The summed E-state index contributed by atoms with van der Waals surface area (Å²) in [6, 6.07) is 6.49. The van der Waals surface area contributed by atoms with Crippen LogP contribution in [0.25, 0.3) is 0 Å². The van der Waals surface area contributed by atoms with Gasteiger partial charge in [0.2, 0.25) is 0 Å². The normalized spacial score (nSPS) is 10.7. The van der Waals surface area contributed by atoms with Crippen LogP contribution in [-0.2, 0) is 11.3 Å². The molecular formula is C16H26N2O3. The largest absolute Gasteiger partial charge is 0.495 e. The Bertz CT molecular complexity index is 461. The van der Waals surface area contributed by atoms with Crippen LogP contribution in [0.1, 0.15) is 32.8 Å². The maximum Gasteiger partial charge on any atom is 0.305 e. The van der Waals surface area contributed by atoms with Crippen LogP contribution in [0.5, 0.6) is 5.75 Å². The van der Waals surface area contributed by atoms with Gasteiger partial charge in [0.05, 0.1) is 19.2 Å². The minimum atomic E-state index is -0.787. The predicted octanol–water partition coefficient (Wildman–Crippen LogP) is 2.49. The molecule has 5 heteroatoms. The fourth-order valence-corrected chi connectivity index (χ4v) is 2.09. The quantitative estimate of drug-likeness (QED) is 0.732. The smallest absolute Gasteiger partial charge is 0.305 e. The summed E-state index contributed by atoms with van der Waals surface area (Å²) in [4.78, 5) is 12.8. The fraction of sp³-hybridized carbons (Fsp3) is 0.562. The average molecular weight is 294 g/mol. The number of ether oxygens (including phenoxy) is 1. The maximum absolute atomic E-state index is 10.7. The highest BCUT2D eigenvalue weighted by atomic mass is 16.5. The Labute approximate surface area is 126 Å². The van der Waals surface area contributed by atoms with Gasteiger partial charge < -0.3 is 20.1 Å². The van der Waals surface area contributed by atoms with Gasteiger partial charge in [0.25, 0.3) is 0 Å². The van der Waals surface area contributed by atoms with E-state index in [1.165, 1.54) is 0 Å². The monoisotopic (exact) mass is 294 g/mol. The van der Waals surface area contributed by atoms with E-state index in [9.17, 15) is 4.79 Å². The van der Waals surface area contributed by atoms with Crippen LogP contribution in [0.2, 0.25) is 0 Å². The van der Waals surface area contributed by atoms with Crippen molar-refractivity contribution in [3.8, 4) is 5.75 Å². The van der Waals surface area contributed by atoms with Crippen molar-refractivity contribution in [1.29, 1.82) is 0 Å². The Balaban J connectivity index is 2.87. The summed E-state index contributed by atoms with van der Waals surface area (Å²) >= 11 is 0. The van der Waals surface area contributed by atoms with Gasteiger partial charge in [-0.25, -0.2) is 0 Å². The molecule has 0 saturated heterocycles. The van der Waals surface area contributed by atoms with Crippen molar-refractivity contribution in [2.75, 3.05) is 25.1 Å². The van der Waals surface area contributed by atoms with Crippen molar-refractivity contribution in [3.05, 3.63) is 23.8 Å². The van der Waals surface area contributed by atoms with E-state index in [0.29, 0.717) is 12.6 Å². The van der Waals surface area contributed by atoms with Crippen LogP contribution in [0, 0.1) is 0 Å². The van der Waals surface area contributed by atoms with Gasteiger partial charge >= 0.3 is 5.97 Å². The second-order valence-corrected chi connectivity index (χ2v) is 5.27. The van der Waals surface area contributed by atoms with E-state index in [1.54, 1.807) is 7.11 Å². The number of rotatable bonds is 9. The van der Waals surface area contributed by atoms with Crippen LogP contribution in [0.4, 0.5) is 5.69 Å². The number of benzene rings is 1. The van der Waals surface area contributed by atoms with Crippen molar-refractivity contribution >= 4 is 11.7 Å². The Hall–Kier alpha value is -1.75. The highest BCUT2D eigenvalue weighted by Gasteiger charge is 2.12. The van der Waals surface area contributed by atoms with E-state index >= 15 is 0 Å². The highest BCUT2D eigenvalue weighted by Crippen LogP contribution is 2.29. The molecule has 0 unspecified atom stereocenters. The molecule has 2 N–H and O–H groups in total.